The largest absolute Gasteiger partial charge is 0.481 e. The van der Waals surface area contributed by atoms with Crippen LogP contribution in [0.15, 0.2) is 0 Å². The topological polar surface area (TPSA) is 58.6 Å². The quantitative estimate of drug-likeness (QED) is 0.756. The van der Waals surface area contributed by atoms with E-state index in [4.69, 9.17) is 9.84 Å². The van der Waals surface area contributed by atoms with Crippen molar-refractivity contribution in [3.63, 3.8) is 0 Å². The molecule has 4 nitrogen and oxygen atoms in total. The van der Waals surface area contributed by atoms with Gasteiger partial charge in [0.25, 0.3) is 0 Å². The number of hydrogen-bond acceptors (Lipinski definition) is 3. The summed E-state index contributed by atoms with van der Waals surface area (Å²) in [6, 6.07) is 1.04. The van der Waals surface area contributed by atoms with Crippen molar-refractivity contribution in [3.05, 3.63) is 0 Å². The van der Waals surface area contributed by atoms with Gasteiger partial charge in [-0.2, -0.15) is 0 Å². The molecule has 0 aromatic heterocycles. The third-order valence-corrected chi connectivity index (χ3v) is 5.22. The van der Waals surface area contributed by atoms with Crippen LogP contribution >= 0.6 is 0 Å². The second-order valence-corrected chi connectivity index (χ2v) is 7.17. The van der Waals surface area contributed by atoms with Crippen molar-refractivity contribution in [1.29, 1.82) is 0 Å². The number of rotatable bonds is 7. The zero-order valence-electron chi connectivity index (χ0n) is 13.6. The molecule has 122 valence electrons. The normalized spacial score (nSPS) is 27.6. The van der Waals surface area contributed by atoms with Gasteiger partial charge in [-0.15, -0.1) is 0 Å². The maximum Gasteiger partial charge on any atom is 0.306 e. The lowest BCUT2D eigenvalue weighted by Gasteiger charge is -2.39. The molecule has 2 rings (SSSR count). The highest BCUT2D eigenvalue weighted by atomic mass is 16.5. The van der Waals surface area contributed by atoms with Crippen LogP contribution in [0, 0.1) is 5.92 Å². The number of aliphatic carboxylic acids is 1. The SMILES string of the molecule is CC(CCCC(C)C(=O)O)NC1CCOC2(CCCC2)C1. The Labute approximate surface area is 128 Å². The first kappa shape index (κ1) is 16.8. The minimum atomic E-state index is -0.678. The molecule has 0 amide bonds. The van der Waals surface area contributed by atoms with Crippen molar-refractivity contribution in [2.24, 2.45) is 5.92 Å². The van der Waals surface area contributed by atoms with Crippen molar-refractivity contribution in [3.8, 4) is 0 Å². The molecule has 1 aliphatic heterocycles. The Bertz CT molecular complexity index is 339. The summed E-state index contributed by atoms with van der Waals surface area (Å²) in [5, 5.41) is 12.6. The maximum atomic E-state index is 10.8. The van der Waals surface area contributed by atoms with Crippen LogP contribution in [0.5, 0.6) is 0 Å². The lowest BCUT2D eigenvalue weighted by molar-refractivity contribution is -0.141. The standard InChI is InChI=1S/C17H31NO3/c1-13(16(19)20)6-5-7-14(2)18-15-8-11-21-17(12-15)9-3-4-10-17/h13-15,18H,3-12H2,1-2H3,(H,19,20). The van der Waals surface area contributed by atoms with E-state index in [-0.39, 0.29) is 11.5 Å². The van der Waals surface area contributed by atoms with Crippen LogP contribution in [0.1, 0.15) is 71.6 Å². The summed E-state index contributed by atoms with van der Waals surface area (Å²) in [6.07, 6.45) is 10.2. The number of nitrogens with one attached hydrogen (secondary N) is 1. The third-order valence-electron chi connectivity index (χ3n) is 5.22. The molecular formula is C17H31NO3. The zero-order chi connectivity index (χ0) is 15.3. The molecule has 0 aromatic carbocycles. The molecule has 1 spiro atoms. The average molecular weight is 297 g/mol. The minimum absolute atomic E-state index is 0.174. The van der Waals surface area contributed by atoms with Gasteiger partial charge in [0.1, 0.15) is 0 Å². The van der Waals surface area contributed by atoms with E-state index in [0.29, 0.717) is 12.1 Å². The van der Waals surface area contributed by atoms with Crippen molar-refractivity contribution in [2.45, 2.75) is 89.3 Å². The van der Waals surface area contributed by atoms with Gasteiger partial charge in [0.05, 0.1) is 11.5 Å². The number of carbonyl (C=O) groups is 1. The molecule has 0 bridgehead atoms. The molecule has 4 heteroatoms. The molecule has 1 aliphatic carbocycles. The van der Waals surface area contributed by atoms with Crippen LogP contribution in [0.25, 0.3) is 0 Å². The van der Waals surface area contributed by atoms with E-state index in [0.717, 1.165) is 38.7 Å². The van der Waals surface area contributed by atoms with Crippen molar-refractivity contribution in [1.82, 2.24) is 5.32 Å². The fourth-order valence-corrected chi connectivity index (χ4v) is 3.88. The summed E-state index contributed by atoms with van der Waals surface area (Å²) in [6.45, 7) is 4.91. The number of hydrogen-bond donors (Lipinski definition) is 2. The van der Waals surface area contributed by atoms with Crippen molar-refractivity contribution < 1.29 is 14.6 Å². The highest BCUT2D eigenvalue weighted by Crippen LogP contribution is 2.40. The predicted molar refractivity (Wildman–Crippen MR) is 83.4 cm³/mol. The Morgan fingerprint density at radius 3 is 2.71 bits per heavy atom. The first-order valence-corrected chi connectivity index (χ1v) is 8.63. The van der Waals surface area contributed by atoms with E-state index in [9.17, 15) is 4.79 Å². The highest BCUT2D eigenvalue weighted by Gasteiger charge is 2.39. The first-order valence-electron chi connectivity index (χ1n) is 8.63. The molecule has 1 heterocycles. The Hall–Kier alpha value is -0.610. The molecule has 2 fully saturated rings. The van der Waals surface area contributed by atoms with Crippen molar-refractivity contribution >= 4 is 5.97 Å². The summed E-state index contributed by atoms with van der Waals surface area (Å²) in [4.78, 5) is 10.8. The summed E-state index contributed by atoms with van der Waals surface area (Å²) in [5.74, 6) is -0.898. The van der Waals surface area contributed by atoms with Gasteiger partial charge in [-0.05, 0) is 45.4 Å². The lowest BCUT2D eigenvalue weighted by atomic mass is 9.88. The molecule has 0 radical (unpaired) electrons. The number of carboxylic acid groups (broad SMARTS) is 1. The van der Waals surface area contributed by atoms with Crippen LogP contribution in [0.4, 0.5) is 0 Å². The van der Waals surface area contributed by atoms with E-state index < -0.39 is 5.97 Å². The van der Waals surface area contributed by atoms with Gasteiger partial charge in [-0.1, -0.05) is 26.2 Å². The van der Waals surface area contributed by atoms with Crippen LogP contribution < -0.4 is 5.32 Å². The fraction of sp³-hybridized carbons (Fsp3) is 0.941. The van der Waals surface area contributed by atoms with Gasteiger partial charge < -0.3 is 15.2 Å². The molecule has 1 saturated heterocycles. The number of carboxylic acids is 1. The molecule has 3 unspecified atom stereocenters. The Morgan fingerprint density at radius 2 is 2.05 bits per heavy atom. The number of ether oxygens (including phenoxy) is 1. The van der Waals surface area contributed by atoms with E-state index in [2.05, 4.69) is 12.2 Å². The Balaban J connectivity index is 1.67. The smallest absolute Gasteiger partial charge is 0.306 e. The lowest BCUT2D eigenvalue weighted by Crippen LogP contribution is -2.48. The van der Waals surface area contributed by atoms with Gasteiger partial charge in [-0.25, -0.2) is 0 Å². The van der Waals surface area contributed by atoms with Crippen molar-refractivity contribution in [2.75, 3.05) is 6.61 Å². The molecule has 21 heavy (non-hydrogen) atoms. The summed E-state index contributed by atoms with van der Waals surface area (Å²) < 4.78 is 6.07. The first-order chi connectivity index (χ1) is 10.0. The minimum Gasteiger partial charge on any atom is -0.481 e. The van der Waals surface area contributed by atoms with E-state index in [1.165, 1.54) is 25.7 Å². The van der Waals surface area contributed by atoms with Crippen LogP contribution in [0.3, 0.4) is 0 Å². The van der Waals surface area contributed by atoms with Crippen LogP contribution in [0.2, 0.25) is 0 Å². The maximum absolute atomic E-state index is 10.8. The van der Waals surface area contributed by atoms with Crippen LogP contribution in [-0.2, 0) is 9.53 Å². The third kappa shape index (κ3) is 4.96. The Morgan fingerprint density at radius 1 is 1.33 bits per heavy atom. The van der Waals surface area contributed by atoms with Gasteiger partial charge in [-0.3, -0.25) is 4.79 Å². The fourth-order valence-electron chi connectivity index (χ4n) is 3.88. The predicted octanol–water partition coefficient (Wildman–Crippen LogP) is 3.35. The Kier molecular flexibility index (Phi) is 6.06. The second-order valence-electron chi connectivity index (χ2n) is 7.17. The average Bonchev–Trinajstić information content (AvgIpc) is 2.86. The van der Waals surface area contributed by atoms with E-state index in [1.54, 1.807) is 6.92 Å². The molecule has 2 aliphatic rings. The van der Waals surface area contributed by atoms with E-state index >= 15 is 0 Å². The van der Waals surface area contributed by atoms with Gasteiger partial charge >= 0.3 is 5.97 Å². The zero-order valence-corrected chi connectivity index (χ0v) is 13.6. The van der Waals surface area contributed by atoms with Gasteiger partial charge in [0.2, 0.25) is 0 Å². The molecule has 2 N–H and O–H groups in total. The molecule has 1 saturated carbocycles. The van der Waals surface area contributed by atoms with Crippen LogP contribution in [-0.4, -0.2) is 35.4 Å². The summed E-state index contributed by atoms with van der Waals surface area (Å²) in [7, 11) is 0. The molecule has 3 atom stereocenters. The summed E-state index contributed by atoms with van der Waals surface area (Å²) >= 11 is 0. The monoisotopic (exact) mass is 297 g/mol. The second kappa shape index (κ2) is 7.59. The summed E-state index contributed by atoms with van der Waals surface area (Å²) in [5.41, 5.74) is 0.174. The molecular weight excluding hydrogens is 266 g/mol. The molecule has 0 aromatic rings. The van der Waals surface area contributed by atoms with Gasteiger partial charge in [0, 0.05) is 18.7 Å². The van der Waals surface area contributed by atoms with E-state index in [1.807, 2.05) is 0 Å². The highest BCUT2D eigenvalue weighted by molar-refractivity contribution is 5.69. The van der Waals surface area contributed by atoms with Gasteiger partial charge in [0.15, 0.2) is 0 Å².